The minimum Gasteiger partial charge on any atom is -0.309 e. The summed E-state index contributed by atoms with van der Waals surface area (Å²) in [5.41, 5.74) is 6.53. The van der Waals surface area contributed by atoms with Gasteiger partial charge in [0, 0.05) is 37.8 Å². The van der Waals surface area contributed by atoms with Crippen molar-refractivity contribution in [3.63, 3.8) is 0 Å². The van der Waals surface area contributed by atoms with Gasteiger partial charge in [-0.3, -0.25) is 0 Å². The molecule has 7 aromatic rings. The van der Waals surface area contributed by atoms with Crippen LogP contribution in [0.3, 0.4) is 0 Å². The van der Waals surface area contributed by atoms with E-state index >= 15 is 4.57 Å². The van der Waals surface area contributed by atoms with Crippen molar-refractivity contribution in [1.29, 1.82) is 0 Å². The van der Waals surface area contributed by atoms with E-state index in [1.807, 2.05) is 42.5 Å². The van der Waals surface area contributed by atoms with E-state index < -0.39 is 7.14 Å². The van der Waals surface area contributed by atoms with Crippen LogP contribution in [-0.4, -0.2) is 4.57 Å². The molecule has 0 spiro atoms. The van der Waals surface area contributed by atoms with Crippen molar-refractivity contribution in [3.8, 4) is 28.1 Å². The van der Waals surface area contributed by atoms with Gasteiger partial charge in [-0.15, -0.1) is 0 Å². The number of hydrogen-bond donors (Lipinski definition) is 0. The number of aromatic nitrogens is 1. The highest BCUT2D eigenvalue weighted by Crippen LogP contribution is 2.54. The Bertz CT molecular complexity index is 2100. The van der Waals surface area contributed by atoms with Crippen molar-refractivity contribution in [1.82, 2.24) is 4.57 Å². The van der Waals surface area contributed by atoms with Crippen molar-refractivity contribution in [3.05, 3.63) is 146 Å². The van der Waals surface area contributed by atoms with Crippen molar-refractivity contribution >= 4 is 44.7 Å². The van der Waals surface area contributed by atoms with E-state index in [0.29, 0.717) is 0 Å². The van der Waals surface area contributed by atoms with Crippen LogP contribution in [0.1, 0.15) is 0 Å². The molecule has 1 atom stereocenters. The lowest BCUT2D eigenvalue weighted by Crippen LogP contribution is -2.26. The van der Waals surface area contributed by atoms with Gasteiger partial charge in [0.15, 0.2) is 7.14 Å². The van der Waals surface area contributed by atoms with Gasteiger partial charge in [0.05, 0.1) is 16.9 Å². The predicted molar refractivity (Wildman–Crippen MR) is 165 cm³/mol. The Kier molecular flexibility index (Phi) is 4.83. The molecule has 3 heteroatoms. The number of benzene rings is 6. The zero-order valence-corrected chi connectivity index (χ0v) is 22.1. The second-order valence-electron chi connectivity index (χ2n) is 10.1. The largest absolute Gasteiger partial charge is 0.309 e. The van der Waals surface area contributed by atoms with Crippen LogP contribution in [-0.2, 0) is 4.57 Å². The van der Waals surface area contributed by atoms with Crippen LogP contribution >= 0.6 is 7.14 Å². The molecular formula is C36H24NOP. The van der Waals surface area contributed by atoms with Gasteiger partial charge >= 0.3 is 0 Å². The van der Waals surface area contributed by atoms with Crippen molar-refractivity contribution in [2.75, 3.05) is 0 Å². The maximum absolute atomic E-state index is 15.7. The van der Waals surface area contributed by atoms with Crippen LogP contribution in [0.2, 0.25) is 0 Å². The van der Waals surface area contributed by atoms with Gasteiger partial charge in [-0.1, -0.05) is 133 Å². The minimum atomic E-state index is -3.19. The smallest absolute Gasteiger partial charge is 0.172 e. The van der Waals surface area contributed by atoms with E-state index in [1.54, 1.807) is 0 Å². The first-order chi connectivity index (χ1) is 19.3. The molecule has 1 aliphatic rings. The lowest BCUT2D eigenvalue weighted by atomic mass is 9.98. The molecule has 184 valence electrons. The molecule has 1 unspecified atom stereocenters. The summed E-state index contributed by atoms with van der Waals surface area (Å²) >= 11 is 0. The summed E-state index contributed by atoms with van der Waals surface area (Å²) in [5.74, 6) is 0. The van der Waals surface area contributed by atoms with Gasteiger partial charge in [0.25, 0.3) is 0 Å². The fraction of sp³-hybridized carbons (Fsp3) is 0. The van der Waals surface area contributed by atoms with Crippen molar-refractivity contribution in [2.24, 2.45) is 0 Å². The normalized spacial score (nSPS) is 15.9. The Balaban J connectivity index is 1.62. The summed E-state index contributed by atoms with van der Waals surface area (Å²) in [6.07, 6.45) is 0. The zero-order chi connectivity index (χ0) is 26.0. The number of nitrogens with zero attached hydrogens (tertiary/aromatic N) is 1. The van der Waals surface area contributed by atoms with Crippen LogP contribution in [0, 0.1) is 0 Å². The zero-order valence-electron chi connectivity index (χ0n) is 21.2. The molecule has 8 rings (SSSR count). The molecule has 0 amide bonds. The molecule has 1 aliphatic heterocycles. The first-order valence-electron chi connectivity index (χ1n) is 13.2. The van der Waals surface area contributed by atoms with Crippen LogP contribution in [0.5, 0.6) is 0 Å². The second-order valence-corrected chi connectivity index (χ2v) is 12.8. The average Bonchev–Trinajstić information content (AvgIpc) is 3.31. The molecule has 6 aromatic carbocycles. The summed E-state index contributed by atoms with van der Waals surface area (Å²) < 4.78 is 18.0. The Morgan fingerprint density at radius 1 is 0.487 bits per heavy atom. The standard InChI is InChI=1S/C36H24NOP/c38-39(26-15-2-1-3-16-26)33-23-10-7-19-29(33)35-28-18-6-9-21-32(28)37(36(35)30-20-8-11-24-34(30)39)31-22-12-14-25-13-4-5-17-27(25)31/h1-24H. The SMILES string of the molecule is O=P1(c2ccccc2)c2ccccc2-c2c(n(-c3cccc4ccccc34)c3ccccc23)-c2ccccc21. The third-order valence-electron chi connectivity index (χ3n) is 8.01. The fourth-order valence-corrected chi connectivity index (χ4v) is 9.42. The molecule has 0 aliphatic carbocycles. The average molecular weight is 518 g/mol. The Morgan fingerprint density at radius 2 is 1.08 bits per heavy atom. The minimum absolute atomic E-state index is 0.857. The van der Waals surface area contributed by atoms with Crippen LogP contribution < -0.4 is 15.9 Å². The molecule has 0 N–H and O–H groups in total. The highest BCUT2D eigenvalue weighted by Gasteiger charge is 2.39. The molecule has 0 fully saturated rings. The quantitative estimate of drug-likeness (QED) is 0.213. The lowest BCUT2D eigenvalue weighted by Gasteiger charge is -2.22. The summed E-state index contributed by atoms with van der Waals surface area (Å²) in [6, 6.07) is 50.3. The number of para-hydroxylation sites is 1. The number of fused-ring (bicyclic) bond motifs is 8. The fourth-order valence-electron chi connectivity index (χ4n) is 6.38. The molecule has 1 aromatic heterocycles. The molecule has 2 nitrogen and oxygen atoms in total. The van der Waals surface area contributed by atoms with E-state index in [9.17, 15) is 0 Å². The second kappa shape index (κ2) is 8.43. The highest BCUT2D eigenvalue weighted by atomic mass is 31.2. The van der Waals surface area contributed by atoms with Gasteiger partial charge < -0.3 is 9.13 Å². The first kappa shape index (κ1) is 22.3. The van der Waals surface area contributed by atoms with E-state index in [-0.39, 0.29) is 0 Å². The number of hydrogen-bond acceptors (Lipinski definition) is 1. The third-order valence-corrected chi connectivity index (χ3v) is 11.2. The first-order valence-corrected chi connectivity index (χ1v) is 14.9. The Hall–Kier alpha value is -4.65. The highest BCUT2D eigenvalue weighted by molar-refractivity contribution is 7.85. The lowest BCUT2D eigenvalue weighted by molar-refractivity contribution is 0.592. The van der Waals surface area contributed by atoms with Gasteiger partial charge in [-0.2, -0.15) is 0 Å². The van der Waals surface area contributed by atoms with E-state index in [4.69, 9.17) is 0 Å². The van der Waals surface area contributed by atoms with Gasteiger partial charge in [-0.05, 0) is 23.1 Å². The van der Waals surface area contributed by atoms with E-state index in [0.717, 1.165) is 54.9 Å². The monoisotopic (exact) mass is 517 g/mol. The number of rotatable bonds is 2. The van der Waals surface area contributed by atoms with E-state index in [2.05, 4.69) is 108 Å². The summed E-state index contributed by atoms with van der Waals surface area (Å²) in [7, 11) is -3.19. The van der Waals surface area contributed by atoms with Gasteiger partial charge in [0.2, 0.25) is 0 Å². The Labute approximate surface area is 227 Å². The van der Waals surface area contributed by atoms with Gasteiger partial charge in [0.1, 0.15) is 0 Å². The molecular weight excluding hydrogens is 493 g/mol. The Morgan fingerprint density at radius 3 is 1.90 bits per heavy atom. The molecule has 0 radical (unpaired) electrons. The van der Waals surface area contributed by atoms with Crippen LogP contribution in [0.25, 0.3) is 49.7 Å². The van der Waals surface area contributed by atoms with Crippen LogP contribution in [0.15, 0.2) is 146 Å². The molecule has 0 saturated heterocycles. The maximum atomic E-state index is 15.7. The molecule has 39 heavy (non-hydrogen) atoms. The van der Waals surface area contributed by atoms with Crippen LogP contribution in [0.4, 0.5) is 0 Å². The predicted octanol–water partition coefficient (Wildman–Crippen LogP) is 8.07. The maximum Gasteiger partial charge on any atom is 0.172 e. The van der Waals surface area contributed by atoms with E-state index in [1.165, 1.54) is 10.8 Å². The third kappa shape index (κ3) is 3.07. The summed E-state index contributed by atoms with van der Waals surface area (Å²) in [4.78, 5) is 0. The topological polar surface area (TPSA) is 22.0 Å². The van der Waals surface area contributed by atoms with Gasteiger partial charge in [-0.25, -0.2) is 0 Å². The summed E-state index contributed by atoms with van der Waals surface area (Å²) in [5, 5.41) is 6.17. The van der Waals surface area contributed by atoms with Crippen molar-refractivity contribution < 1.29 is 4.57 Å². The molecule has 0 bridgehead atoms. The molecule has 2 heterocycles. The summed E-state index contributed by atoms with van der Waals surface area (Å²) in [6.45, 7) is 0. The molecule has 0 saturated carbocycles. The van der Waals surface area contributed by atoms with Crippen molar-refractivity contribution in [2.45, 2.75) is 0 Å².